The first-order chi connectivity index (χ1) is 17.2. The zero-order chi connectivity index (χ0) is 23.5. The van der Waals surface area contributed by atoms with E-state index in [0.717, 1.165) is 51.7 Å². The van der Waals surface area contributed by atoms with Crippen LogP contribution in [0.5, 0.6) is 0 Å². The third-order valence-electron chi connectivity index (χ3n) is 6.97. The number of H-pyrrole nitrogens is 1. The van der Waals surface area contributed by atoms with Crippen LogP contribution in [0.2, 0.25) is 0 Å². The Labute approximate surface area is 204 Å². The Morgan fingerprint density at radius 3 is 2.69 bits per heavy atom. The van der Waals surface area contributed by atoms with Crippen molar-refractivity contribution in [2.45, 2.75) is 18.9 Å². The number of allylic oxidation sites excluding steroid dienone is 1. The van der Waals surface area contributed by atoms with E-state index in [1.54, 1.807) is 16.7 Å². The molecule has 3 heterocycles. The summed E-state index contributed by atoms with van der Waals surface area (Å²) >= 11 is 1.41. The lowest BCUT2D eigenvalue weighted by Gasteiger charge is -2.30. The SMILES string of the molecule is O=c1/c(=C\c2c[nH]c3ccccc23)sc2n1[C@H](c1ccc(F)cc1)C1=C(N=2)c2ccccc2CC1. The summed E-state index contributed by atoms with van der Waals surface area (Å²) in [5.74, 6) is -0.288. The molecule has 1 atom stereocenters. The van der Waals surface area contributed by atoms with Gasteiger partial charge in [0, 0.05) is 28.2 Å². The summed E-state index contributed by atoms with van der Waals surface area (Å²) in [7, 11) is 0. The molecule has 3 aromatic carbocycles. The summed E-state index contributed by atoms with van der Waals surface area (Å²) in [6, 6.07) is 22.6. The summed E-state index contributed by atoms with van der Waals surface area (Å²) in [6.45, 7) is 0. The Morgan fingerprint density at radius 1 is 1.00 bits per heavy atom. The highest BCUT2D eigenvalue weighted by Crippen LogP contribution is 2.41. The van der Waals surface area contributed by atoms with Gasteiger partial charge >= 0.3 is 0 Å². The Hall–Kier alpha value is -4.03. The molecular weight excluding hydrogens is 457 g/mol. The number of aryl methyl sites for hydroxylation is 1. The molecule has 35 heavy (non-hydrogen) atoms. The maximum Gasteiger partial charge on any atom is 0.271 e. The second-order valence-corrected chi connectivity index (χ2v) is 9.96. The highest BCUT2D eigenvalue weighted by Gasteiger charge is 2.32. The first kappa shape index (κ1) is 20.4. The summed E-state index contributed by atoms with van der Waals surface area (Å²) in [6.07, 6.45) is 5.58. The molecule has 0 radical (unpaired) electrons. The Balaban J connectivity index is 1.50. The largest absolute Gasteiger partial charge is 0.361 e. The molecule has 1 N–H and O–H groups in total. The number of fused-ring (bicyclic) bond motifs is 4. The van der Waals surface area contributed by atoms with E-state index in [4.69, 9.17) is 4.99 Å². The molecule has 170 valence electrons. The Morgan fingerprint density at radius 2 is 1.80 bits per heavy atom. The van der Waals surface area contributed by atoms with E-state index in [0.29, 0.717) is 9.33 Å². The fourth-order valence-corrected chi connectivity index (χ4v) is 6.31. The zero-order valence-electron chi connectivity index (χ0n) is 18.7. The molecule has 2 aromatic heterocycles. The topological polar surface area (TPSA) is 50.1 Å². The smallest absolute Gasteiger partial charge is 0.271 e. The number of halogens is 1. The average molecular weight is 478 g/mol. The molecule has 0 unspecified atom stereocenters. The van der Waals surface area contributed by atoms with Gasteiger partial charge in [0.1, 0.15) is 5.82 Å². The predicted octanol–water partition coefficient (Wildman–Crippen LogP) is 4.94. The summed E-state index contributed by atoms with van der Waals surface area (Å²) in [4.78, 5) is 22.8. The lowest BCUT2D eigenvalue weighted by Crippen LogP contribution is -2.38. The van der Waals surface area contributed by atoms with Gasteiger partial charge < -0.3 is 4.98 Å². The third kappa shape index (κ3) is 3.17. The summed E-state index contributed by atoms with van der Waals surface area (Å²) < 4.78 is 16.2. The van der Waals surface area contributed by atoms with Crippen LogP contribution < -0.4 is 14.9 Å². The van der Waals surface area contributed by atoms with Crippen LogP contribution in [0.25, 0.3) is 22.7 Å². The number of nitrogens with one attached hydrogen (secondary N) is 1. The van der Waals surface area contributed by atoms with Gasteiger partial charge in [0.2, 0.25) is 0 Å². The van der Waals surface area contributed by atoms with Crippen molar-refractivity contribution < 1.29 is 4.39 Å². The molecule has 5 aromatic rings. The van der Waals surface area contributed by atoms with E-state index >= 15 is 0 Å². The van der Waals surface area contributed by atoms with Gasteiger partial charge in [0.05, 0.1) is 16.3 Å². The van der Waals surface area contributed by atoms with Crippen LogP contribution in [0.4, 0.5) is 4.39 Å². The quantitative estimate of drug-likeness (QED) is 0.385. The fraction of sp³-hybridized carbons (Fsp3) is 0.103. The van der Waals surface area contributed by atoms with Crippen LogP contribution in [0, 0.1) is 5.82 Å². The number of rotatable bonds is 2. The number of hydrogen-bond acceptors (Lipinski definition) is 3. The molecule has 0 saturated heterocycles. The van der Waals surface area contributed by atoms with E-state index < -0.39 is 0 Å². The molecule has 6 heteroatoms. The van der Waals surface area contributed by atoms with Gasteiger partial charge in [-0.1, -0.05) is 65.9 Å². The molecule has 0 saturated carbocycles. The first-order valence-corrected chi connectivity index (χ1v) is 12.4. The maximum atomic E-state index is 13.8. The fourth-order valence-electron chi connectivity index (χ4n) is 5.32. The van der Waals surface area contributed by atoms with E-state index in [2.05, 4.69) is 23.2 Å². The predicted molar refractivity (Wildman–Crippen MR) is 137 cm³/mol. The Bertz CT molecular complexity index is 1840. The molecule has 0 bridgehead atoms. The first-order valence-electron chi connectivity index (χ1n) is 11.6. The minimum atomic E-state index is -0.305. The van der Waals surface area contributed by atoms with Gasteiger partial charge in [0.25, 0.3) is 5.56 Å². The number of nitrogens with zero attached hydrogens (tertiary/aromatic N) is 2. The lowest BCUT2D eigenvalue weighted by molar-refractivity contribution is 0.581. The lowest BCUT2D eigenvalue weighted by atomic mass is 9.83. The number of aromatic amines is 1. The van der Waals surface area contributed by atoms with Crippen molar-refractivity contribution in [3.8, 4) is 0 Å². The molecule has 1 aliphatic heterocycles. The van der Waals surface area contributed by atoms with Gasteiger partial charge in [-0.05, 0) is 53.8 Å². The maximum absolute atomic E-state index is 13.8. The second kappa shape index (κ2) is 7.75. The van der Waals surface area contributed by atoms with Crippen molar-refractivity contribution in [2.75, 3.05) is 0 Å². The average Bonchev–Trinajstić information content (AvgIpc) is 3.44. The van der Waals surface area contributed by atoms with Gasteiger partial charge in [-0.3, -0.25) is 9.36 Å². The second-order valence-electron chi connectivity index (χ2n) is 8.95. The van der Waals surface area contributed by atoms with Crippen molar-refractivity contribution in [3.63, 3.8) is 0 Å². The van der Waals surface area contributed by atoms with E-state index in [1.807, 2.05) is 42.6 Å². The van der Waals surface area contributed by atoms with Crippen molar-refractivity contribution in [2.24, 2.45) is 4.99 Å². The van der Waals surface area contributed by atoms with E-state index in [1.165, 1.54) is 29.0 Å². The van der Waals surface area contributed by atoms with Gasteiger partial charge in [-0.2, -0.15) is 0 Å². The van der Waals surface area contributed by atoms with Crippen LogP contribution >= 0.6 is 11.3 Å². The molecule has 4 nitrogen and oxygen atoms in total. The number of benzene rings is 3. The summed E-state index contributed by atoms with van der Waals surface area (Å²) in [5.41, 5.74) is 7.27. The van der Waals surface area contributed by atoms with Gasteiger partial charge in [-0.15, -0.1) is 0 Å². The molecular formula is C29H20FN3OS. The zero-order valence-corrected chi connectivity index (χ0v) is 19.5. The summed E-state index contributed by atoms with van der Waals surface area (Å²) in [5, 5.41) is 1.07. The van der Waals surface area contributed by atoms with Crippen molar-refractivity contribution in [3.05, 3.63) is 132 Å². The standard InChI is InChI=1S/C29H20FN3OS/c30-20-12-9-18(10-13-20)27-23-14-11-17-5-1-2-7-22(17)26(23)32-29-33(27)28(34)25(35-29)15-19-16-31-24-8-4-3-6-21(19)24/h1-10,12-13,15-16,27,31H,11,14H2/b25-15+/t27-/m1/s1. The minimum Gasteiger partial charge on any atom is -0.361 e. The number of hydrogen-bond donors (Lipinski definition) is 1. The molecule has 0 fully saturated rings. The minimum absolute atomic E-state index is 0.0706. The molecule has 0 spiro atoms. The normalized spacial score (nSPS) is 17.2. The number of thiazole rings is 1. The molecule has 0 amide bonds. The third-order valence-corrected chi connectivity index (χ3v) is 7.95. The van der Waals surface area contributed by atoms with Crippen LogP contribution in [0.3, 0.4) is 0 Å². The highest BCUT2D eigenvalue weighted by atomic mass is 32.1. The number of para-hydroxylation sites is 1. The monoisotopic (exact) mass is 477 g/mol. The van der Waals surface area contributed by atoms with Crippen molar-refractivity contribution in [1.29, 1.82) is 0 Å². The van der Waals surface area contributed by atoms with Crippen LogP contribution in [0.15, 0.2) is 94.4 Å². The van der Waals surface area contributed by atoms with Crippen LogP contribution in [-0.4, -0.2) is 9.55 Å². The number of aromatic nitrogens is 2. The van der Waals surface area contributed by atoms with Gasteiger partial charge in [0.15, 0.2) is 4.80 Å². The van der Waals surface area contributed by atoms with Gasteiger partial charge in [-0.25, -0.2) is 9.38 Å². The Kier molecular flexibility index (Phi) is 4.51. The van der Waals surface area contributed by atoms with Crippen molar-refractivity contribution >= 4 is 34.0 Å². The molecule has 7 rings (SSSR count). The molecule has 1 aliphatic carbocycles. The molecule has 2 aliphatic rings. The van der Waals surface area contributed by atoms with Crippen LogP contribution in [-0.2, 0) is 6.42 Å². The van der Waals surface area contributed by atoms with E-state index in [-0.39, 0.29) is 17.4 Å². The van der Waals surface area contributed by atoms with Crippen molar-refractivity contribution in [1.82, 2.24) is 9.55 Å². The van der Waals surface area contributed by atoms with Crippen LogP contribution in [0.1, 0.15) is 34.7 Å². The highest BCUT2D eigenvalue weighted by molar-refractivity contribution is 7.07. The van der Waals surface area contributed by atoms with E-state index in [9.17, 15) is 9.18 Å².